The van der Waals surface area contributed by atoms with E-state index in [4.69, 9.17) is 0 Å². The Kier molecular flexibility index (Phi) is 5.29. The number of aliphatic hydroxyl groups is 1. The number of rotatable bonds is 5. The van der Waals surface area contributed by atoms with E-state index in [1.807, 2.05) is 13.0 Å². The zero-order chi connectivity index (χ0) is 13.8. The van der Waals surface area contributed by atoms with Gasteiger partial charge in [0.1, 0.15) is 5.82 Å². The van der Waals surface area contributed by atoms with Crippen molar-refractivity contribution in [2.45, 2.75) is 46.3 Å². The highest BCUT2D eigenvalue weighted by molar-refractivity contribution is 5.20. The molecule has 0 aliphatic heterocycles. The van der Waals surface area contributed by atoms with E-state index in [0.717, 1.165) is 6.42 Å². The molecule has 0 saturated carbocycles. The first kappa shape index (κ1) is 15.1. The van der Waals surface area contributed by atoms with Crippen molar-refractivity contribution in [1.82, 2.24) is 5.32 Å². The molecule has 102 valence electrons. The van der Waals surface area contributed by atoms with E-state index in [-0.39, 0.29) is 17.3 Å². The third kappa shape index (κ3) is 5.15. The van der Waals surface area contributed by atoms with Crippen LogP contribution in [0.15, 0.2) is 24.3 Å². The summed E-state index contributed by atoms with van der Waals surface area (Å²) >= 11 is 0. The third-order valence-corrected chi connectivity index (χ3v) is 2.88. The summed E-state index contributed by atoms with van der Waals surface area (Å²) in [5.41, 5.74) is 0.739. The van der Waals surface area contributed by atoms with E-state index >= 15 is 0 Å². The minimum absolute atomic E-state index is 0.0965. The van der Waals surface area contributed by atoms with Gasteiger partial charge in [-0.15, -0.1) is 0 Å². The van der Waals surface area contributed by atoms with Crippen molar-refractivity contribution >= 4 is 0 Å². The molecule has 0 aliphatic rings. The topological polar surface area (TPSA) is 32.3 Å². The molecule has 2 unspecified atom stereocenters. The Morgan fingerprint density at radius 1 is 1.28 bits per heavy atom. The Labute approximate surface area is 109 Å². The predicted molar refractivity (Wildman–Crippen MR) is 72.9 cm³/mol. The lowest BCUT2D eigenvalue weighted by Gasteiger charge is -2.24. The zero-order valence-corrected chi connectivity index (χ0v) is 11.7. The van der Waals surface area contributed by atoms with Gasteiger partial charge >= 0.3 is 0 Å². The molecule has 0 fully saturated rings. The first-order valence-electron chi connectivity index (χ1n) is 6.45. The van der Waals surface area contributed by atoms with E-state index < -0.39 is 6.10 Å². The average Bonchev–Trinajstić information content (AvgIpc) is 2.24. The normalized spacial score (nSPS) is 15.4. The van der Waals surface area contributed by atoms with E-state index in [2.05, 4.69) is 26.1 Å². The lowest BCUT2D eigenvalue weighted by molar-refractivity contribution is 0.117. The van der Waals surface area contributed by atoms with E-state index in [1.165, 1.54) is 6.07 Å². The van der Waals surface area contributed by atoms with Gasteiger partial charge in [0.25, 0.3) is 0 Å². The van der Waals surface area contributed by atoms with Crippen LogP contribution in [-0.2, 0) is 0 Å². The molecule has 1 aromatic carbocycles. The number of benzene rings is 1. The molecule has 2 nitrogen and oxygen atoms in total. The van der Waals surface area contributed by atoms with Gasteiger partial charge < -0.3 is 10.4 Å². The highest BCUT2D eigenvalue weighted by Gasteiger charge is 2.17. The van der Waals surface area contributed by atoms with Crippen LogP contribution in [0.1, 0.15) is 45.7 Å². The maximum atomic E-state index is 13.5. The Balaban J connectivity index is 2.47. The fourth-order valence-electron chi connectivity index (χ4n) is 2.03. The fraction of sp³-hybridized carbons (Fsp3) is 0.600. The number of aliphatic hydroxyl groups excluding tert-OH is 1. The van der Waals surface area contributed by atoms with Crippen molar-refractivity contribution < 1.29 is 9.50 Å². The van der Waals surface area contributed by atoms with Gasteiger partial charge in [-0.1, -0.05) is 39.0 Å². The van der Waals surface area contributed by atoms with Crippen LogP contribution in [-0.4, -0.2) is 17.8 Å². The summed E-state index contributed by atoms with van der Waals surface area (Å²) in [7, 11) is 0. The lowest BCUT2D eigenvalue weighted by atomic mass is 9.89. The van der Waals surface area contributed by atoms with Crippen LogP contribution in [0.2, 0.25) is 0 Å². The molecule has 1 aromatic rings. The van der Waals surface area contributed by atoms with E-state index in [0.29, 0.717) is 12.1 Å². The molecule has 0 spiro atoms. The quantitative estimate of drug-likeness (QED) is 0.844. The van der Waals surface area contributed by atoms with Gasteiger partial charge in [0, 0.05) is 18.2 Å². The highest BCUT2D eigenvalue weighted by Crippen LogP contribution is 2.21. The monoisotopic (exact) mass is 253 g/mol. The molecule has 0 saturated heterocycles. The second-order valence-electron chi connectivity index (χ2n) is 6.07. The number of hydrogen-bond donors (Lipinski definition) is 2. The minimum Gasteiger partial charge on any atom is -0.392 e. The molecular weight excluding hydrogens is 229 g/mol. The Morgan fingerprint density at radius 2 is 1.89 bits per heavy atom. The van der Waals surface area contributed by atoms with Crippen molar-refractivity contribution in [1.29, 1.82) is 0 Å². The summed E-state index contributed by atoms with van der Waals surface area (Å²) in [6.07, 6.45) is 0.323. The Hall–Kier alpha value is -0.930. The maximum absolute atomic E-state index is 13.5. The number of halogens is 1. The first-order chi connectivity index (χ1) is 8.29. The standard InChI is InChI=1S/C15H24FNO/c1-11(13-7-5-6-8-14(13)16)17-10-12(18)9-15(2,3)4/h5-8,11-12,17-18H,9-10H2,1-4H3. The third-order valence-electron chi connectivity index (χ3n) is 2.88. The SMILES string of the molecule is CC(NCC(O)CC(C)(C)C)c1ccccc1F. The van der Waals surface area contributed by atoms with Crippen molar-refractivity contribution in [3.05, 3.63) is 35.6 Å². The molecule has 0 aromatic heterocycles. The summed E-state index contributed by atoms with van der Waals surface area (Å²) in [5, 5.41) is 13.1. The summed E-state index contributed by atoms with van der Waals surface area (Å²) in [5.74, 6) is -0.206. The Morgan fingerprint density at radius 3 is 2.44 bits per heavy atom. The highest BCUT2D eigenvalue weighted by atomic mass is 19.1. The minimum atomic E-state index is -0.403. The van der Waals surface area contributed by atoms with E-state index in [9.17, 15) is 9.50 Å². The molecular formula is C15H24FNO. The number of hydrogen-bond acceptors (Lipinski definition) is 2. The summed E-state index contributed by atoms with van der Waals surface area (Å²) in [6.45, 7) is 8.67. The Bertz CT molecular complexity index is 373. The maximum Gasteiger partial charge on any atom is 0.127 e. The molecule has 18 heavy (non-hydrogen) atoms. The van der Waals surface area contributed by atoms with Crippen molar-refractivity contribution in [2.75, 3.05) is 6.54 Å². The van der Waals surface area contributed by atoms with Crippen LogP contribution in [0.4, 0.5) is 4.39 Å². The number of nitrogens with one attached hydrogen (secondary N) is 1. The largest absolute Gasteiger partial charge is 0.392 e. The average molecular weight is 253 g/mol. The van der Waals surface area contributed by atoms with Crippen molar-refractivity contribution in [3.8, 4) is 0 Å². The van der Waals surface area contributed by atoms with Gasteiger partial charge in [0.05, 0.1) is 6.10 Å². The predicted octanol–water partition coefficient (Wildman–Crippen LogP) is 3.27. The van der Waals surface area contributed by atoms with Crippen LogP contribution in [0.25, 0.3) is 0 Å². The molecule has 1 rings (SSSR count). The van der Waals surface area contributed by atoms with Crippen LogP contribution in [0.3, 0.4) is 0 Å². The zero-order valence-electron chi connectivity index (χ0n) is 11.7. The lowest BCUT2D eigenvalue weighted by Crippen LogP contribution is -2.32. The van der Waals surface area contributed by atoms with Gasteiger partial charge in [-0.25, -0.2) is 4.39 Å². The van der Waals surface area contributed by atoms with Crippen molar-refractivity contribution in [3.63, 3.8) is 0 Å². The molecule has 0 bridgehead atoms. The second kappa shape index (κ2) is 6.30. The van der Waals surface area contributed by atoms with Crippen LogP contribution < -0.4 is 5.32 Å². The summed E-state index contributed by atoms with van der Waals surface area (Å²) in [4.78, 5) is 0. The van der Waals surface area contributed by atoms with Gasteiger partial charge in [-0.2, -0.15) is 0 Å². The molecule has 0 aliphatic carbocycles. The molecule has 0 heterocycles. The molecule has 3 heteroatoms. The van der Waals surface area contributed by atoms with Crippen LogP contribution in [0, 0.1) is 11.2 Å². The van der Waals surface area contributed by atoms with Crippen LogP contribution in [0.5, 0.6) is 0 Å². The van der Waals surface area contributed by atoms with E-state index in [1.54, 1.807) is 12.1 Å². The fourth-order valence-corrected chi connectivity index (χ4v) is 2.03. The van der Waals surface area contributed by atoms with Gasteiger partial charge in [-0.3, -0.25) is 0 Å². The second-order valence-corrected chi connectivity index (χ2v) is 6.07. The summed E-state index contributed by atoms with van der Waals surface area (Å²) < 4.78 is 13.5. The van der Waals surface area contributed by atoms with Gasteiger partial charge in [0.2, 0.25) is 0 Å². The molecule has 2 atom stereocenters. The van der Waals surface area contributed by atoms with Crippen molar-refractivity contribution in [2.24, 2.45) is 5.41 Å². The molecule has 0 radical (unpaired) electrons. The van der Waals surface area contributed by atoms with Crippen LogP contribution >= 0.6 is 0 Å². The molecule has 0 amide bonds. The smallest absolute Gasteiger partial charge is 0.127 e. The molecule has 2 N–H and O–H groups in total. The first-order valence-corrected chi connectivity index (χ1v) is 6.45. The summed E-state index contributed by atoms with van der Waals surface area (Å²) in [6, 6.07) is 6.63. The van der Waals surface area contributed by atoms with Gasteiger partial charge in [-0.05, 0) is 24.8 Å². The van der Waals surface area contributed by atoms with Gasteiger partial charge in [0.15, 0.2) is 0 Å².